The van der Waals surface area contributed by atoms with Crippen molar-refractivity contribution in [1.82, 2.24) is 5.32 Å². The van der Waals surface area contributed by atoms with Crippen LogP contribution in [0.3, 0.4) is 0 Å². The van der Waals surface area contributed by atoms with Gasteiger partial charge in [0.1, 0.15) is 0 Å². The Balaban J connectivity index is 2.85. The van der Waals surface area contributed by atoms with Crippen LogP contribution in [-0.4, -0.2) is 22.5 Å². The van der Waals surface area contributed by atoms with Crippen LogP contribution in [0.1, 0.15) is 20.3 Å². The van der Waals surface area contributed by atoms with E-state index < -0.39 is 10.8 Å². The molecule has 0 radical (unpaired) electrons. The van der Waals surface area contributed by atoms with Crippen molar-refractivity contribution < 1.29 is 4.21 Å². The average molecular weight is 304 g/mol. The maximum atomic E-state index is 12.3. The topological polar surface area (TPSA) is 29.1 Å². The lowest BCUT2D eigenvalue weighted by Gasteiger charge is -2.21. The molecule has 1 aromatic carbocycles. The number of nitrogens with one attached hydrogen (secondary N) is 1. The van der Waals surface area contributed by atoms with Gasteiger partial charge in [-0.25, -0.2) is 0 Å². The third-order valence-corrected chi connectivity index (χ3v) is 4.96. The molecule has 3 atom stereocenters. The number of hydrogen-bond donors (Lipinski definition) is 1. The van der Waals surface area contributed by atoms with Crippen LogP contribution in [0.25, 0.3) is 0 Å². The first kappa shape index (κ1) is 13.9. The van der Waals surface area contributed by atoms with Gasteiger partial charge in [0, 0.05) is 15.4 Å². The fraction of sp³-hybridized carbons (Fsp3) is 0.500. The second kappa shape index (κ2) is 6.52. The van der Waals surface area contributed by atoms with Crippen LogP contribution in [0.5, 0.6) is 0 Å². The lowest BCUT2D eigenvalue weighted by Crippen LogP contribution is -2.37. The van der Waals surface area contributed by atoms with Crippen molar-refractivity contribution in [2.75, 3.05) is 7.05 Å². The largest absolute Gasteiger partial charge is 0.316 e. The van der Waals surface area contributed by atoms with Crippen molar-refractivity contribution in [1.29, 1.82) is 0 Å². The summed E-state index contributed by atoms with van der Waals surface area (Å²) in [5, 5.41) is 3.33. The molecule has 0 aliphatic heterocycles. The smallest absolute Gasteiger partial charge is 0.0574 e. The SMILES string of the molecule is CCC(NC)C(C)S(=O)c1cccc(Br)c1. The Kier molecular flexibility index (Phi) is 5.66. The van der Waals surface area contributed by atoms with Gasteiger partial charge in [-0.3, -0.25) is 4.21 Å². The zero-order valence-corrected chi connectivity index (χ0v) is 12.3. The van der Waals surface area contributed by atoms with Crippen molar-refractivity contribution in [3.63, 3.8) is 0 Å². The maximum absolute atomic E-state index is 12.3. The molecule has 4 heteroatoms. The molecule has 1 aromatic rings. The zero-order valence-electron chi connectivity index (χ0n) is 9.87. The summed E-state index contributed by atoms with van der Waals surface area (Å²) >= 11 is 3.40. The minimum Gasteiger partial charge on any atom is -0.316 e. The molecule has 2 nitrogen and oxygen atoms in total. The summed E-state index contributed by atoms with van der Waals surface area (Å²) in [7, 11) is 0.959. The molecule has 0 saturated heterocycles. The van der Waals surface area contributed by atoms with Crippen LogP contribution >= 0.6 is 15.9 Å². The first-order valence-electron chi connectivity index (χ1n) is 5.43. The van der Waals surface area contributed by atoms with E-state index in [4.69, 9.17) is 0 Å². The molecule has 0 spiro atoms. The summed E-state index contributed by atoms with van der Waals surface area (Å²) in [6, 6.07) is 8.00. The van der Waals surface area contributed by atoms with Crippen molar-refractivity contribution in [2.24, 2.45) is 0 Å². The van der Waals surface area contributed by atoms with Crippen LogP contribution in [-0.2, 0) is 10.8 Å². The van der Waals surface area contributed by atoms with E-state index >= 15 is 0 Å². The van der Waals surface area contributed by atoms with Crippen molar-refractivity contribution in [3.05, 3.63) is 28.7 Å². The van der Waals surface area contributed by atoms with Crippen LogP contribution in [0, 0.1) is 0 Å². The predicted molar refractivity (Wildman–Crippen MR) is 73.2 cm³/mol. The fourth-order valence-electron chi connectivity index (χ4n) is 1.73. The molecule has 3 unspecified atom stereocenters. The number of benzene rings is 1. The van der Waals surface area contributed by atoms with Crippen molar-refractivity contribution in [3.8, 4) is 0 Å². The maximum Gasteiger partial charge on any atom is 0.0574 e. The van der Waals surface area contributed by atoms with Gasteiger partial charge in [0.15, 0.2) is 0 Å². The first-order chi connectivity index (χ1) is 7.60. The Morgan fingerprint density at radius 1 is 1.50 bits per heavy atom. The van der Waals surface area contributed by atoms with Gasteiger partial charge in [-0.1, -0.05) is 28.9 Å². The third-order valence-electron chi connectivity index (χ3n) is 2.74. The van der Waals surface area contributed by atoms with Gasteiger partial charge in [0.25, 0.3) is 0 Å². The van der Waals surface area contributed by atoms with Gasteiger partial charge >= 0.3 is 0 Å². The molecule has 0 saturated carbocycles. The van der Waals surface area contributed by atoms with E-state index in [0.29, 0.717) is 6.04 Å². The van der Waals surface area contributed by atoms with Crippen molar-refractivity contribution >= 4 is 26.7 Å². The second-order valence-electron chi connectivity index (χ2n) is 3.76. The minimum absolute atomic E-state index is 0.115. The summed E-state index contributed by atoms with van der Waals surface area (Å²) < 4.78 is 13.3. The van der Waals surface area contributed by atoms with Crippen LogP contribution in [0.4, 0.5) is 0 Å². The van der Waals surface area contributed by atoms with Gasteiger partial charge in [0.2, 0.25) is 0 Å². The summed E-state index contributed by atoms with van der Waals surface area (Å²) in [4.78, 5) is 0.885. The predicted octanol–water partition coefficient (Wildman–Crippen LogP) is 2.94. The summed E-state index contributed by atoms with van der Waals surface area (Å²) in [5.74, 6) is 0. The summed E-state index contributed by atoms with van der Waals surface area (Å²) in [6.45, 7) is 4.14. The molecule has 1 N–H and O–H groups in total. The number of halogens is 1. The molecule has 16 heavy (non-hydrogen) atoms. The Morgan fingerprint density at radius 3 is 2.69 bits per heavy atom. The third kappa shape index (κ3) is 3.40. The molecule has 0 aromatic heterocycles. The standard InChI is InChI=1S/C12H18BrNOS/c1-4-12(14-3)9(2)16(15)11-7-5-6-10(13)8-11/h5-9,12,14H,4H2,1-3H3. The fourth-order valence-corrected chi connectivity index (χ4v) is 3.79. The summed E-state index contributed by atoms with van der Waals surface area (Å²) in [6.07, 6.45) is 0.984. The molecular weight excluding hydrogens is 286 g/mol. The molecule has 0 amide bonds. The lowest BCUT2D eigenvalue weighted by molar-refractivity contribution is 0.529. The molecule has 0 aliphatic rings. The highest BCUT2D eigenvalue weighted by Crippen LogP contribution is 2.19. The van der Waals surface area contributed by atoms with Crippen LogP contribution in [0.15, 0.2) is 33.6 Å². The van der Waals surface area contributed by atoms with E-state index in [1.807, 2.05) is 38.2 Å². The van der Waals surface area contributed by atoms with E-state index in [2.05, 4.69) is 28.2 Å². The number of rotatable bonds is 5. The van der Waals surface area contributed by atoms with E-state index in [1.54, 1.807) is 0 Å². The Hall–Kier alpha value is -0.190. The zero-order chi connectivity index (χ0) is 12.1. The first-order valence-corrected chi connectivity index (χ1v) is 7.44. The van der Waals surface area contributed by atoms with Crippen LogP contribution < -0.4 is 5.32 Å². The van der Waals surface area contributed by atoms with E-state index in [0.717, 1.165) is 15.8 Å². The molecule has 1 rings (SSSR count). The second-order valence-corrected chi connectivity index (χ2v) is 6.49. The van der Waals surface area contributed by atoms with Gasteiger partial charge in [0.05, 0.1) is 16.0 Å². The molecule has 0 aliphatic carbocycles. The molecule has 0 fully saturated rings. The quantitative estimate of drug-likeness (QED) is 0.906. The Labute approximate surface area is 108 Å². The van der Waals surface area contributed by atoms with Gasteiger partial charge in [-0.05, 0) is 38.6 Å². The highest BCUT2D eigenvalue weighted by Gasteiger charge is 2.21. The van der Waals surface area contributed by atoms with Crippen LogP contribution in [0.2, 0.25) is 0 Å². The Bertz CT molecular complexity index is 366. The van der Waals surface area contributed by atoms with Gasteiger partial charge < -0.3 is 5.32 Å². The number of hydrogen-bond acceptors (Lipinski definition) is 2. The average Bonchev–Trinajstić information content (AvgIpc) is 2.29. The minimum atomic E-state index is -0.961. The monoisotopic (exact) mass is 303 g/mol. The molecule has 0 heterocycles. The van der Waals surface area contributed by atoms with Gasteiger partial charge in [-0.2, -0.15) is 0 Å². The van der Waals surface area contributed by atoms with E-state index in [1.165, 1.54) is 0 Å². The van der Waals surface area contributed by atoms with E-state index in [-0.39, 0.29) is 5.25 Å². The highest BCUT2D eigenvalue weighted by molar-refractivity contribution is 9.10. The summed E-state index contributed by atoms with van der Waals surface area (Å²) in [5.41, 5.74) is 0. The van der Waals surface area contributed by atoms with Crippen molar-refractivity contribution in [2.45, 2.75) is 36.5 Å². The normalized spacial score (nSPS) is 16.8. The molecular formula is C12H18BrNOS. The van der Waals surface area contributed by atoms with Gasteiger partial charge in [-0.15, -0.1) is 0 Å². The molecule has 0 bridgehead atoms. The Morgan fingerprint density at radius 2 is 2.19 bits per heavy atom. The molecule has 90 valence electrons. The van der Waals surface area contributed by atoms with E-state index in [9.17, 15) is 4.21 Å². The highest BCUT2D eigenvalue weighted by atomic mass is 79.9. The lowest BCUT2D eigenvalue weighted by atomic mass is 10.2.